The lowest BCUT2D eigenvalue weighted by Gasteiger charge is -2.38. The van der Waals surface area contributed by atoms with Gasteiger partial charge >= 0.3 is 18.3 Å². The number of aromatic nitrogens is 2. The summed E-state index contributed by atoms with van der Waals surface area (Å²) >= 11 is 0. The summed E-state index contributed by atoms with van der Waals surface area (Å²) in [6.45, 7) is 9.13. The second-order valence-corrected chi connectivity index (χ2v) is 12.2. The van der Waals surface area contributed by atoms with Gasteiger partial charge in [0.25, 0.3) is 0 Å². The molecule has 0 bridgehead atoms. The van der Waals surface area contributed by atoms with Crippen molar-refractivity contribution in [2.45, 2.75) is 31.7 Å². The first-order valence-electron chi connectivity index (χ1n) is 15.4. The quantitative estimate of drug-likeness (QED) is 0.217. The van der Waals surface area contributed by atoms with Crippen LogP contribution < -0.4 is 0 Å². The van der Waals surface area contributed by atoms with Crippen LogP contribution in [0.2, 0.25) is 0 Å². The molecule has 1 unspecified atom stereocenters. The van der Waals surface area contributed by atoms with E-state index in [4.69, 9.17) is 9.90 Å². The van der Waals surface area contributed by atoms with Crippen LogP contribution >= 0.6 is 0 Å². The summed E-state index contributed by atoms with van der Waals surface area (Å²) in [4.78, 5) is 24.1. The minimum absolute atomic E-state index is 0.379. The Labute approximate surface area is 268 Å². The summed E-state index contributed by atoms with van der Waals surface area (Å²) in [5.74, 6) is -1.39. The molecule has 2 N–H and O–H groups in total. The van der Waals surface area contributed by atoms with Gasteiger partial charge in [-0.05, 0) is 73.3 Å². The number of hydrogen-bond acceptors (Lipinski definition) is 5. The molecule has 2 fully saturated rings. The van der Waals surface area contributed by atoms with Gasteiger partial charge in [0.2, 0.25) is 0 Å². The molecule has 13 heteroatoms. The van der Waals surface area contributed by atoms with Gasteiger partial charge in [-0.2, -0.15) is 26.3 Å². The number of likely N-dealkylation sites (tertiary alicyclic amines) is 1. The van der Waals surface area contributed by atoms with Gasteiger partial charge in [-0.15, -0.1) is 0 Å². The van der Waals surface area contributed by atoms with Gasteiger partial charge in [-0.25, -0.2) is 9.78 Å². The van der Waals surface area contributed by atoms with E-state index in [0.717, 1.165) is 67.5 Å². The Kier molecular flexibility index (Phi) is 10.6. The molecule has 1 atom stereocenters. The van der Waals surface area contributed by atoms with Crippen LogP contribution in [0.3, 0.4) is 0 Å². The number of H-pyrrole nitrogens is 1. The highest BCUT2D eigenvalue weighted by Gasteiger charge is 2.38. The molecule has 1 aromatic heterocycles. The Balaban J connectivity index is 0.000000559. The van der Waals surface area contributed by atoms with Crippen molar-refractivity contribution in [1.29, 1.82) is 0 Å². The van der Waals surface area contributed by atoms with Gasteiger partial charge in [0.05, 0.1) is 16.6 Å². The number of carbonyl (C=O) groups is 1. The number of alkyl halides is 6. The number of nitrogens with zero attached hydrogens (tertiary/aromatic N) is 4. The normalized spacial score (nSPS) is 18.6. The minimum Gasteiger partial charge on any atom is -0.475 e. The van der Waals surface area contributed by atoms with Crippen molar-refractivity contribution in [2.24, 2.45) is 5.92 Å². The lowest BCUT2D eigenvalue weighted by molar-refractivity contribution is -0.192. The van der Waals surface area contributed by atoms with Gasteiger partial charge in [0.15, 0.2) is 0 Å². The first kappa shape index (κ1) is 34.4. The lowest BCUT2D eigenvalue weighted by atomic mass is 9.97. The number of halogens is 6. The number of piperazine rings is 1. The zero-order chi connectivity index (χ0) is 33.8. The summed E-state index contributed by atoms with van der Waals surface area (Å²) in [7, 11) is 2.24. The molecule has 4 aromatic rings. The topological polar surface area (TPSA) is 75.7 Å². The zero-order valence-electron chi connectivity index (χ0n) is 25.9. The fourth-order valence-corrected chi connectivity index (χ4v) is 6.17. The highest BCUT2D eigenvalue weighted by molar-refractivity contribution is 5.80. The Hall–Kier alpha value is -3.94. The van der Waals surface area contributed by atoms with Crippen LogP contribution in [-0.2, 0) is 17.5 Å². The van der Waals surface area contributed by atoms with E-state index in [0.29, 0.717) is 16.9 Å². The first-order chi connectivity index (χ1) is 22.2. The third-order valence-electron chi connectivity index (χ3n) is 8.58. The molecule has 3 aromatic carbocycles. The van der Waals surface area contributed by atoms with Crippen LogP contribution in [0, 0.1) is 5.92 Å². The predicted molar refractivity (Wildman–Crippen MR) is 168 cm³/mol. The molecule has 0 radical (unpaired) electrons. The highest BCUT2D eigenvalue weighted by atomic mass is 19.4. The molecule has 7 nitrogen and oxygen atoms in total. The summed E-state index contributed by atoms with van der Waals surface area (Å²) < 4.78 is 71.0. The number of rotatable bonds is 6. The van der Waals surface area contributed by atoms with Crippen LogP contribution in [-0.4, -0.2) is 94.8 Å². The fourth-order valence-electron chi connectivity index (χ4n) is 6.17. The second kappa shape index (κ2) is 14.4. The average molecular weight is 662 g/mol. The lowest BCUT2D eigenvalue weighted by Crippen LogP contribution is -2.48. The molecule has 6 rings (SSSR count). The fraction of sp³-hybridized carbons (Fsp3) is 0.412. The highest BCUT2D eigenvalue weighted by Crippen LogP contribution is 2.32. The van der Waals surface area contributed by atoms with Gasteiger partial charge in [0.1, 0.15) is 5.82 Å². The number of benzene rings is 3. The molecule has 252 valence electrons. The Morgan fingerprint density at radius 1 is 0.872 bits per heavy atom. The molecule has 0 saturated carbocycles. The van der Waals surface area contributed by atoms with Gasteiger partial charge in [0, 0.05) is 51.4 Å². The molecular weight excluding hydrogens is 624 g/mol. The van der Waals surface area contributed by atoms with E-state index < -0.39 is 23.9 Å². The number of aliphatic carboxylic acids is 1. The maximum Gasteiger partial charge on any atom is 0.490 e. The van der Waals surface area contributed by atoms with Crippen molar-refractivity contribution in [3.8, 4) is 22.5 Å². The third-order valence-corrected chi connectivity index (χ3v) is 8.58. The van der Waals surface area contributed by atoms with Gasteiger partial charge < -0.3 is 19.9 Å². The van der Waals surface area contributed by atoms with Crippen LogP contribution in [0.1, 0.15) is 24.0 Å². The van der Waals surface area contributed by atoms with E-state index in [1.54, 1.807) is 0 Å². The van der Waals surface area contributed by atoms with Crippen LogP contribution in [0.15, 0.2) is 66.7 Å². The predicted octanol–water partition coefficient (Wildman–Crippen LogP) is 7.01. The Morgan fingerprint density at radius 3 is 2.17 bits per heavy atom. The number of carboxylic acids is 1. The standard InChI is InChI=1S/C32H36F3N5.C2HF3O2/c1-38-13-3-5-24(20-38)22-40-16-14-39(15-17-40)21-23-4-2-6-27(18-23)25-7-9-26(10-8-25)31-36-29-12-11-28(32(33,34)35)19-30(29)37-31;3-2(4,5)1(6)7/h2,4,6-12,18-19,24H,3,5,13-17,20-22H2,1H3,(H,36,37);(H,6,7). The number of fused-ring (bicyclic) bond motifs is 1. The van der Waals surface area contributed by atoms with Crippen LogP contribution in [0.4, 0.5) is 26.3 Å². The molecule has 3 heterocycles. The number of hydrogen-bond donors (Lipinski definition) is 2. The number of piperidine rings is 1. The summed E-state index contributed by atoms with van der Waals surface area (Å²) in [5.41, 5.74) is 4.61. The van der Waals surface area contributed by atoms with E-state index in [-0.39, 0.29) is 0 Å². The van der Waals surface area contributed by atoms with Crippen molar-refractivity contribution in [2.75, 3.05) is 52.9 Å². The molecule has 0 spiro atoms. The maximum atomic E-state index is 13.1. The number of nitrogens with one attached hydrogen (secondary N) is 1. The average Bonchev–Trinajstić information content (AvgIpc) is 3.46. The first-order valence-corrected chi connectivity index (χ1v) is 15.4. The number of carboxylic acid groups (broad SMARTS) is 1. The van der Waals surface area contributed by atoms with Gasteiger partial charge in [-0.3, -0.25) is 4.90 Å². The van der Waals surface area contributed by atoms with Crippen LogP contribution in [0.25, 0.3) is 33.5 Å². The van der Waals surface area contributed by atoms with E-state index in [2.05, 4.69) is 56.0 Å². The summed E-state index contributed by atoms with van der Waals surface area (Å²) in [5, 5.41) is 7.12. The van der Waals surface area contributed by atoms with Gasteiger partial charge in [-0.1, -0.05) is 42.5 Å². The SMILES string of the molecule is CN1CCCC(CN2CCN(Cc3cccc(-c4ccc(-c5nc6ccc(C(F)(F)F)cc6[nH]5)cc4)c3)CC2)C1.O=C(O)C(F)(F)F. The van der Waals surface area contributed by atoms with E-state index in [1.165, 1.54) is 44.1 Å². The zero-order valence-corrected chi connectivity index (χ0v) is 25.9. The van der Waals surface area contributed by atoms with Crippen molar-refractivity contribution >= 4 is 17.0 Å². The van der Waals surface area contributed by atoms with E-state index >= 15 is 0 Å². The molecule has 0 amide bonds. The Morgan fingerprint density at radius 2 is 1.53 bits per heavy atom. The van der Waals surface area contributed by atoms with Crippen molar-refractivity contribution < 1.29 is 36.2 Å². The molecule has 2 aliphatic rings. The monoisotopic (exact) mass is 661 g/mol. The second-order valence-electron chi connectivity index (χ2n) is 12.2. The number of imidazole rings is 1. The smallest absolute Gasteiger partial charge is 0.475 e. The van der Waals surface area contributed by atoms with Crippen molar-refractivity contribution in [1.82, 2.24) is 24.7 Å². The minimum atomic E-state index is -5.08. The van der Waals surface area contributed by atoms with Crippen molar-refractivity contribution in [3.05, 3.63) is 77.9 Å². The third kappa shape index (κ3) is 9.33. The molecule has 2 saturated heterocycles. The molecule has 0 aliphatic carbocycles. The van der Waals surface area contributed by atoms with Crippen LogP contribution in [0.5, 0.6) is 0 Å². The Bertz CT molecular complexity index is 1650. The largest absolute Gasteiger partial charge is 0.490 e. The van der Waals surface area contributed by atoms with E-state index in [9.17, 15) is 26.3 Å². The van der Waals surface area contributed by atoms with Crippen molar-refractivity contribution in [3.63, 3.8) is 0 Å². The molecule has 47 heavy (non-hydrogen) atoms. The van der Waals surface area contributed by atoms with E-state index in [1.807, 2.05) is 24.3 Å². The molecule has 2 aliphatic heterocycles. The number of aromatic amines is 1. The summed E-state index contributed by atoms with van der Waals surface area (Å²) in [6.07, 6.45) is -6.78. The maximum absolute atomic E-state index is 13.1. The summed E-state index contributed by atoms with van der Waals surface area (Å²) in [6, 6.07) is 20.3. The molecular formula is C34H37F6N5O2.